The fourth-order valence-corrected chi connectivity index (χ4v) is 3.37. The van der Waals surface area contributed by atoms with Crippen LogP contribution in [0.1, 0.15) is 19.3 Å². The summed E-state index contributed by atoms with van der Waals surface area (Å²) in [7, 11) is 0. The van der Waals surface area contributed by atoms with E-state index in [0.717, 1.165) is 57.7 Å². The zero-order chi connectivity index (χ0) is 19.8. The summed E-state index contributed by atoms with van der Waals surface area (Å²) >= 11 is 0. The third-order valence-electron chi connectivity index (χ3n) is 4.98. The minimum absolute atomic E-state index is 0.0530. The van der Waals surface area contributed by atoms with Crippen LogP contribution in [-0.4, -0.2) is 49.2 Å². The fraction of sp³-hybridized carbons (Fsp3) is 0.429. The molecule has 0 aromatic heterocycles. The number of ether oxygens (including phenoxy) is 1. The summed E-state index contributed by atoms with van der Waals surface area (Å²) in [6.45, 7) is 5.58. The number of non-ortho nitro benzene ring substituents is 1. The lowest BCUT2D eigenvalue weighted by Gasteiger charge is -2.36. The van der Waals surface area contributed by atoms with E-state index in [1.165, 1.54) is 24.3 Å². The molecule has 0 radical (unpaired) electrons. The lowest BCUT2D eigenvalue weighted by atomic mass is 10.2. The van der Waals surface area contributed by atoms with Crippen LogP contribution in [0.15, 0.2) is 48.5 Å². The van der Waals surface area contributed by atoms with E-state index in [1.54, 1.807) is 12.1 Å². The number of halogens is 1. The van der Waals surface area contributed by atoms with Crippen LogP contribution < -0.4 is 9.64 Å². The van der Waals surface area contributed by atoms with Gasteiger partial charge < -0.3 is 9.64 Å². The van der Waals surface area contributed by atoms with E-state index in [2.05, 4.69) is 9.80 Å². The van der Waals surface area contributed by atoms with Gasteiger partial charge in [0.15, 0.2) is 0 Å². The van der Waals surface area contributed by atoms with Gasteiger partial charge in [-0.1, -0.05) is 6.07 Å². The third-order valence-corrected chi connectivity index (χ3v) is 4.98. The van der Waals surface area contributed by atoms with Crippen molar-refractivity contribution in [3.8, 4) is 5.75 Å². The number of nitro benzene ring substituents is 1. The lowest BCUT2D eigenvalue weighted by Crippen LogP contribution is -2.46. The molecular formula is C21H26FN3O3. The van der Waals surface area contributed by atoms with Crippen molar-refractivity contribution in [2.75, 3.05) is 44.2 Å². The highest BCUT2D eigenvalue weighted by molar-refractivity contribution is 5.46. The monoisotopic (exact) mass is 387 g/mol. The molecule has 1 heterocycles. The van der Waals surface area contributed by atoms with Gasteiger partial charge in [0.2, 0.25) is 0 Å². The van der Waals surface area contributed by atoms with Crippen LogP contribution >= 0.6 is 0 Å². The van der Waals surface area contributed by atoms with Crippen molar-refractivity contribution in [3.63, 3.8) is 0 Å². The first kappa shape index (κ1) is 20.1. The summed E-state index contributed by atoms with van der Waals surface area (Å²) in [6, 6.07) is 13.0. The Morgan fingerprint density at radius 2 is 1.75 bits per heavy atom. The normalized spacial score (nSPS) is 14.8. The van der Waals surface area contributed by atoms with Crippen molar-refractivity contribution in [1.29, 1.82) is 0 Å². The van der Waals surface area contributed by atoms with Gasteiger partial charge in [-0.15, -0.1) is 0 Å². The maximum Gasteiger partial charge on any atom is 0.273 e. The first-order valence-corrected chi connectivity index (χ1v) is 9.72. The van der Waals surface area contributed by atoms with Crippen LogP contribution in [0.4, 0.5) is 15.8 Å². The van der Waals surface area contributed by atoms with Gasteiger partial charge in [0.25, 0.3) is 5.69 Å². The first-order valence-electron chi connectivity index (χ1n) is 9.72. The molecule has 1 fully saturated rings. The summed E-state index contributed by atoms with van der Waals surface area (Å²) in [5.41, 5.74) is 1.14. The zero-order valence-electron chi connectivity index (χ0n) is 15.9. The lowest BCUT2D eigenvalue weighted by molar-refractivity contribution is -0.384. The number of rotatable bonds is 9. The molecule has 150 valence electrons. The van der Waals surface area contributed by atoms with Crippen LogP contribution in [0.2, 0.25) is 0 Å². The summed E-state index contributed by atoms with van der Waals surface area (Å²) in [6.07, 6.45) is 3.10. The quantitative estimate of drug-likeness (QED) is 0.368. The number of hydrogen-bond acceptors (Lipinski definition) is 5. The van der Waals surface area contributed by atoms with Crippen molar-refractivity contribution in [2.24, 2.45) is 0 Å². The Hall–Kier alpha value is -2.67. The molecule has 2 aromatic carbocycles. The van der Waals surface area contributed by atoms with Crippen molar-refractivity contribution >= 4 is 11.4 Å². The minimum atomic E-state index is -0.414. The molecule has 6 nitrogen and oxygen atoms in total. The number of benzene rings is 2. The molecule has 28 heavy (non-hydrogen) atoms. The fourth-order valence-electron chi connectivity index (χ4n) is 3.37. The largest absolute Gasteiger partial charge is 0.493 e. The van der Waals surface area contributed by atoms with Crippen LogP contribution in [0.3, 0.4) is 0 Å². The maximum atomic E-state index is 13.0. The van der Waals surface area contributed by atoms with E-state index in [9.17, 15) is 14.5 Å². The van der Waals surface area contributed by atoms with E-state index in [1.807, 2.05) is 12.1 Å². The third kappa shape index (κ3) is 5.92. The van der Waals surface area contributed by atoms with Gasteiger partial charge in [-0.3, -0.25) is 15.0 Å². The smallest absolute Gasteiger partial charge is 0.273 e. The molecule has 1 aliphatic rings. The van der Waals surface area contributed by atoms with E-state index in [0.29, 0.717) is 12.4 Å². The highest BCUT2D eigenvalue weighted by atomic mass is 19.1. The predicted octanol–water partition coefficient (Wildman–Crippen LogP) is 4.11. The summed E-state index contributed by atoms with van der Waals surface area (Å²) in [4.78, 5) is 15.1. The molecule has 0 aliphatic carbocycles. The predicted molar refractivity (Wildman–Crippen MR) is 107 cm³/mol. The zero-order valence-corrected chi connectivity index (χ0v) is 15.9. The van der Waals surface area contributed by atoms with Crippen LogP contribution in [0.5, 0.6) is 5.75 Å². The molecule has 0 bridgehead atoms. The first-order chi connectivity index (χ1) is 13.6. The Morgan fingerprint density at radius 1 is 1.00 bits per heavy atom. The number of nitro groups is 1. The molecule has 0 N–H and O–H groups in total. The molecule has 0 unspecified atom stereocenters. The van der Waals surface area contributed by atoms with Gasteiger partial charge in [0, 0.05) is 37.9 Å². The van der Waals surface area contributed by atoms with Crippen LogP contribution in [0, 0.1) is 15.9 Å². The molecule has 0 spiro atoms. The molecule has 0 atom stereocenters. The second-order valence-corrected chi connectivity index (χ2v) is 6.97. The van der Waals surface area contributed by atoms with E-state index in [4.69, 9.17) is 4.74 Å². The molecule has 1 saturated heterocycles. The van der Waals surface area contributed by atoms with E-state index < -0.39 is 4.92 Å². The van der Waals surface area contributed by atoms with Crippen molar-refractivity contribution in [2.45, 2.75) is 19.3 Å². The Labute approximate surface area is 164 Å². The highest BCUT2D eigenvalue weighted by Gasteiger charge is 2.16. The van der Waals surface area contributed by atoms with Crippen LogP contribution in [0.25, 0.3) is 0 Å². The number of piperazine rings is 1. The molecular weight excluding hydrogens is 361 g/mol. The van der Waals surface area contributed by atoms with E-state index in [-0.39, 0.29) is 11.5 Å². The maximum absolute atomic E-state index is 13.0. The molecule has 0 amide bonds. The van der Waals surface area contributed by atoms with Gasteiger partial charge in [-0.2, -0.15) is 0 Å². The average Bonchev–Trinajstić information content (AvgIpc) is 2.72. The highest BCUT2D eigenvalue weighted by Crippen LogP contribution is 2.20. The standard InChI is InChI=1S/C21H26FN3O3/c22-18-7-9-19(10-8-18)24-14-12-23(13-15-24)11-2-1-3-16-28-21-6-4-5-20(17-21)25(26)27/h4-10,17H,1-3,11-16H2. The summed E-state index contributed by atoms with van der Waals surface area (Å²) in [5.74, 6) is 0.350. The minimum Gasteiger partial charge on any atom is -0.493 e. The number of unbranched alkanes of at least 4 members (excludes halogenated alkanes) is 2. The Morgan fingerprint density at radius 3 is 2.46 bits per heavy atom. The topological polar surface area (TPSA) is 58.9 Å². The van der Waals surface area contributed by atoms with Crippen molar-refractivity contribution in [3.05, 3.63) is 64.5 Å². The Balaban J connectivity index is 1.28. The van der Waals surface area contributed by atoms with Gasteiger partial charge in [-0.25, -0.2) is 4.39 Å². The molecule has 0 saturated carbocycles. The molecule has 7 heteroatoms. The van der Waals surface area contributed by atoms with Gasteiger partial charge in [0.05, 0.1) is 17.6 Å². The van der Waals surface area contributed by atoms with Crippen molar-refractivity contribution in [1.82, 2.24) is 4.90 Å². The summed E-state index contributed by atoms with van der Waals surface area (Å²) in [5, 5.41) is 10.8. The number of hydrogen-bond donors (Lipinski definition) is 0. The summed E-state index contributed by atoms with van der Waals surface area (Å²) < 4.78 is 18.6. The Kier molecular flexibility index (Phi) is 7.19. The van der Waals surface area contributed by atoms with Gasteiger partial charge >= 0.3 is 0 Å². The molecule has 3 rings (SSSR count). The van der Waals surface area contributed by atoms with Crippen molar-refractivity contribution < 1.29 is 14.1 Å². The van der Waals surface area contributed by atoms with Crippen LogP contribution in [-0.2, 0) is 0 Å². The number of anilines is 1. The average molecular weight is 387 g/mol. The van der Waals surface area contributed by atoms with E-state index >= 15 is 0 Å². The second-order valence-electron chi connectivity index (χ2n) is 6.97. The number of nitrogens with zero attached hydrogens (tertiary/aromatic N) is 3. The molecule has 2 aromatic rings. The van der Waals surface area contributed by atoms with Gasteiger partial charge in [-0.05, 0) is 56.1 Å². The Bertz CT molecular complexity index is 762. The second kappa shape index (κ2) is 10.0. The SMILES string of the molecule is O=[N+]([O-])c1cccc(OCCCCCN2CCN(c3ccc(F)cc3)CC2)c1. The molecule has 1 aliphatic heterocycles. The van der Waals surface area contributed by atoms with Gasteiger partial charge in [0.1, 0.15) is 11.6 Å².